The van der Waals surface area contributed by atoms with E-state index in [1.54, 1.807) is 0 Å². The Morgan fingerprint density at radius 2 is 2.10 bits per heavy atom. The molecule has 1 aromatic rings. The van der Waals surface area contributed by atoms with Crippen LogP contribution in [0.25, 0.3) is 0 Å². The average Bonchev–Trinajstić information content (AvgIpc) is 2.65. The Morgan fingerprint density at radius 3 is 2.80 bits per heavy atom. The summed E-state index contributed by atoms with van der Waals surface area (Å²) >= 11 is 0. The van der Waals surface area contributed by atoms with Crippen molar-refractivity contribution in [1.29, 1.82) is 0 Å². The van der Waals surface area contributed by atoms with Gasteiger partial charge in [-0.1, -0.05) is 23.8 Å². The summed E-state index contributed by atoms with van der Waals surface area (Å²) < 4.78 is 10.4. The summed E-state index contributed by atoms with van der Waals surface area (Å²) in [6.07, 6.45) is 4.48. The Labute approximate surface area is 121 Å². The van der Waals surface area contributed by atoms with E-state index in [1.807, 2.05) is 31.2 Å². The fourth-order valence-electron chi connectivity index (χ4n) is 1.72. The quantitative estimate of drug-likeness (QED) is 0.790. The van der Waals surface area contributed by atoms with Crippen molar-refractivity contribution in [2.45, 2.75) is 33.6 Å². The molecule has 110 valence electrons. The molecule has 0 unspecified atom stereocenters. The van der Waals surface area contributed by atoms with Crippen LogP contribution >= 0.6 is 0 Å². The monoisotopic (exact) mass is 276 g/mol. The Bertz CT molecular complexity index is 449. The topological polar surface area (TPSA) is 35.5 Å². The highest BCUT2D eigenvalue weighted by molar-refractivity contribution is 5.77. The van der Waals surface area contributed by atoms with Gasteiger partial charge in [0.1, 0.15) is 12.4 Å². The summed E-state index contributed by atoms with van der Waals surface area (Å²) in [4.78, 5) is 10.6. The molecular weight excluding hydrogens is 252 g/mol. The van der Waals surface area contributed by atoms with E-state index in [2.05, 4.69) is 13.0 Å². The first-order valence-corrected chi connectivity index (χ1v) is 7.00. The first kappa shape index (κ1) is 16.4. The summed E-state index contributed by atoms with van der Waals surface area (Å²) in [5, 5.41) is 0. The van der Waals surface area contributed by atoms with Crippen LogP contribution in [0, 0.1) is 6.92 Å². The molecule has 0 radical (unpaired) electrons. The number of benzene rings is 1. The zero-order valence-corrected chi connectivity index (χ0v) is 12.6. The molecule has 1 aromatic carbocycles. The van der Waals surface area contributed by atoms with Gasteiger partial charge in [-0.3, -0.25) is 4.79 Å². The average molecular weight is 276 g/mol. The largest absolute Gasteiger partial charge is 0.486 e. The number of hydrogen-bond acceptors (Lipinski definition) is 3. The van der Waals surface area contributed by atoms with Gasteiger partial charge in [-0.2, -0.15) is 0 Å². The number of hydrogen-bond donors (Lipinski definition) is 0. The molecule has 3 nitrogen and oxygen atoms in total. The molecule has 20 heavy (non-hydrogen) atoms. The van der Waals surface area contributed by atoms with Crippen molar-refractivity contribution in [2.24, 2.45) is 0 Å². The third-order valence-electron chi connectivity index (χ3n) is 2.83. The van der Waals surface area contributed by atoms with Crippen LogP contribution in [0.15, 0.2) is 35.9 Å². The first-order valence-electron chi connectivity index (χ1n) is 7.00. The molecule has 0 bridgehead atoms. The van der Waals surface area contributed by atoms with Crippen LogP contribution in [-0.4, -0.2) is 25.6 Å². The fourth-order valence-corrected chi connectivity index (χ4v) is 1.72. The number of aryl methyl sites for hydroxylation is 1. The molecule has 1 aliphatic rings. The van der Waals surface area contributed by atoms with E-state index < -0.39 is 0 Å². The van der Waals surface area contributed by atoms with Gasteiger partial charge in [-0.05, 0) is 51.3 Å². The summed E-state index contributed by atoms with van der Waals surface area (Å²) in [6.45, 7) is 7.65. The van der Waals surface area contributed by atoms with Crippen molar-refractivity contribution in [3.63, 3.8) is 0 Å². The van der Waals surface area contributed by atoms with E-state index in [0.717, 1.165) is 37.4 Å². The first-order chi connectivity index (χ1) is 9.58. The zero-order valence-electron chi connectivity index (χ0n) is 12.6. The molecule has 0 aliphatic carbocycles. The van der Waals surface area contributed by atoms with Crippen LogP contribution in [0.4, 0.5) is 0 Å². The Hall–Kier alpha value is -1.61. The van der Waals surface area contributed by atoms with E-state index in [-0.39, 0.29) is 12.4 Å². The standard InChI is InChI=1S/C10H12O2.C7H12O/c1-8-4-3-5-10(6-8)12-7-9(2)11;1-7-3-2-5-8-6-4-7/h3-6H,7H2,1-2H3;3H,2,4-6H2,1H3. The van der Waals surface area contributed by atoms with Crippen LogP contribution in [0.2, 0.25) is 0 Å². The number of Topliss-reactive ketones (excluding diaryl/α,β-unsaturated/α-hetero) is 1. The molecule has 0 saturated heterocycles. The molecule has 1 heterocycles. The number of ether oxygens (including phenoxy) is 2. The normalized spacial score (nSPS) is 14.4. The van der Waals surface area contributed by atoms with Crippen LogP contribution < -0.4 is 4.74 Å². The fraction of sp³-hybridized carbons (Fsp3) is 0.471. The van der Waals surface area contributed by atoms with Crippen molar-refractivity contribution in [2.75, 3.05) is 19.8 Å². The maximum absolute atomic E-state index is 10.6. The van der Waals surface area contributed by atoms with Gasteiger partial charge in [-0.15, -0.1) is 0 Å². The second kappa shape index (κ2) is 9.32. The minimum atomic E-state index is 0.0384. The van der Waals surface area contributed by atoms with E-state index in [4.69, 9.17) is 9.47 Å². The van der Waals surface area contributed by atoms with Crippen molar-refractivity contribution >= 4 is 5.78 Å². The molecule has 0 atom stereocenters. The van der Waals surface area contributed by atoms with Gasteiger partial charge in [0, 0.05) is 0 Å². The van der Waals surface area contributed by atoms with Gasteiger partial charge in [0.15, 0.2) is 5.78 Å². The van der Waals surface area contributed by atoms with Crippen LogP contribution in [-0.2, 0) is 9.53 Å². The number of carbonyl (C=O) groups is 1. The predicted octanol–water partition coefficient (Wildman–Crippen LogP) is 3.71. The highest BCUT2D eigenvalue weighted by Gasteiger charge is 1.96. The van der Waals surface area contributed by atoms with Crippen molar-refractivity contribution < 1.29 is 14.3 Å². The minimum absolute atomic E-state index is 0.0384. The lowest BCUT2D eigenvalue weighted by Gasteiger charge is -2.03. The van der Waals surface area contributed by atoms with Gasteiger partial charge in [-0.25, -0.2) is 0 Å². The van der Waals surface area contributed by atoms with Gasteiger partial charge in [0.05, 0.1) is 13.2 Å². The number of carbonyl (C=O) groups excluding carboxylic acids is 1. The van der Waals surface area contributed by atoms with Crippen LogP contribution in [0.5, 0.6) is 5.75 Å². The van der Waals surface area contributed by atoms with Crippen LogP contribution in [0.3, 0.4) is 0 Å². The maximum atomic E-state index is 10.6. The molecule has 2 rings (SSSR count). The Kier molecular flexibility index (Phi) is 7.66. The van der Waals surface area contributed by atoms with E-state index >= 15 is 0 Å². The van der Waals surface area contributed by atoms with Crippen molar-refractivity contribution in [3.05, 3.63) is 41.5 Å². The molecule has 0 fully saturated rings. The summed E-state index contributed by atoms with van der Waals surface area (Å²) in [6, 6.07) is 7.64. The lowest BCUT2D eigenvalue weighted by atomic mass is 10.2. The Balaban J connectivity index is 0.000000217. The lowest BCUT2D eigenvalue weighted by molar-refractivity contribution is -0.118. The Morgan fingerprint density at radius 1 is 1.30 bits per heavy atom. The molecule has 0 spiro atoms. The minimum Gasteiger partial charge on any atom is -0.486 e. The van der Waals surface area contributed by atoms with E-state index in [0.29, 0.717) is 0 Å². The molecule has 3 heteroatoms. The SMILES string of the molecule is CC(=O)COc1cccc(C)c1.CC1=CCCOCC1. The van der Waals surface area contributed by atoms with E-state index in [9.17, 15) is 4.79 Å². The molecular formula is C17H24O3. The van der Waals surface area contributed by atoms with Gasteiger partial charge in [0.2, 0.25) is 0 Å². The van der Waals surface area contributed by atoms with Gasteiger partial charge >= 0.3 is 0 Å². The summed E-state index contributed by atoms with van der Waals surface area (Å²) in [7, 11) is 0. The molecule has 0 aromatic heterocycles. The molecule has 0 saturated carbocycles. The molecule has 0 amide bonds. The highest BCUT2D eigenvalue weighted by Crippen LogP contribution is 2.11. The van der Waals surface area contributed by atoms with Gasteiger partial charge < -0.3 is 9.47 Å². The maximum Gasteiger partial charge on any atom is 0.167 e. The highest BCUT2D eigenvalue weighted by atomic mass is 16.5. The number of ketones is 1. The van der Waals surface area contributed by atoms with Crippen LogP contribution in [0.1, 0.15) is 32.3 Å². The van der Waals surface area contributed by atoms with Gasteiger partial charge in [0.25, 0.3) is 0 Å². The zero-order chi connectivity index (χ0) is 14.8. The smallest absolute Gasteiger partial charge is 0.167 e. The van der Waals surface area contributed by atoms with Crippen molar-refractivity contribution in [1.82, 2.24) is 0 Å². The lowest BCUT2D eigenvalue weighted by Crippen LogP contribution is -2.06. The predicted molar refractivity (Wildman–Crippen MR) is 81.2 cm³/mol. The summed E-state index contributed by atoms with van der Waals surface area (Å²) in [5.74, 6) is 0.793. The number of rotatable bonds is 3. The third kappa shape index (κ3) is 7.74. The van der Waals surface area contributed by atoms with E-state index in [1.165, 1.54) is 12.5 Å². The third-order valence-corrected chi connectivity index (χ3v) is 2.83. The second-order valence-electron chi connectivity index (χ2n) is 5.01. The summed E-state index contributed by atoms with van der Waals surface area (Å²) in [5.41, 5.74) is 2.61. The second-order valence-corrected chi connectivity index (χ2v) is 5.01. The van der Waals surface area contributed by atoms with Crippen molar-refractivity contribution in [3.8, 4) is 5.75 Å². The molecule has 1 aliphatic heterocycles. The molecule has 0 N–H and O–H groups in total.